The summed E-state index contributed by atoms with van der Waals surface area (Å²) in [4.78, 5) is 0. The van der Waals surface area contributed by atoms with E-state index in [0.29, 0.717) is 18.8 Å². The van der Waals surface area contributed by atoms with Gasteiger partial charge < -0.3 is 14.6 Å². The van der Waals surface area contributed by atoms with Gasteiger partial charge in [-0.15, -0.1) is 0 Å². The van der Waals surface area contributed by atoms with Gasteiger partial charge in [0.2, 0.25) is 0 Å². The first-order valence-corrected chi connectivity index (χ1v) is 11.7. The molecule has 4 nitrogen and oxygen atoms in total. The van der Waals surface area contributed by atoms with Gasteiger partial charge in [-0.1, -0.05) is 77.6 Å². The minimum atomic E-state index is -0.462. The van der Waals surface area contributed by atoms with Gasteiger partial charge in [0.25, 0.3) is 0 Å². The Hall–Kier alpha value is -1.48. The van der Waals surface area contributed by atoms with Crippen molar-refractivity contribution >= 4 is 0 Å². The lowest BCUT2D eigenvalue weighted by Gasteiger charge is -2.16. The molecule has 0 saturated heterocycles. The fourth-order valence-corrected chi connectivity index (χ4v) is 3.43. The van der Waals surface area contributed by atoms with Crippen LogP contribution in [0.15, 0.2) is 18.2 Å². The van der Waals surface area contributed by atoms with Crippen molar-refractivity contribution in [1.29, 1.82) is 5.26 Å². The van der Waals surface area contributed by atoms with E-state index in [1.165, 1.54) is 82.8 Å². The van der Waals surface area contributed by atoms with E-state index in [0.717, 1.165) is 6.42 Å². The van der Waals surface area contributed by atoms with Gasteiger partial charge >= 0.3 is 0 Å². The first-order chi connectivity index (χ1) is 14.7. The van der Waals surface area contributed by atoms with Gasteiger partial charge in [0.1, 0.15) is 11.9 Å². The first kappa shape index (κ1) is 26.6. The van der Waals surface area contributed by atoms with Crippen LogP contribution in [-0.2, 0) is 16.1 Å². The quantitative estimate of drug-likeness (QED) is 0.267. The molecule has 0 heterocycles. The Kier molecular flexibility index (Phi) is 16.2. The van der Waals surface area contributed by atoms with Crippen molar-refractivity contribution in [2.75, 3.05) is 19.8 Å². The van der Waals surface area contributed by atoms with Crippen LogP contribution >= 0.6 is 0 Å². The summed E-state index contributed by atoms with van der Waals surface area (Å²) < 4.78 is 24.7. The predicted molar refractivity (Wildman–Crippen MR) is 119 cm³/mol. The number of nitriles is 1. The van der Waals surface area contributed by atoms with Crippen molar-refractivity contribution in [2.24, 2.45) is 0 Å². The second-order valence-corrected chi connectivity index (χ2v) is 8.04. The van der Waals surface area contributed by atoms with Crippen molar-refractivity contribution in [2.45, 2.75) is 96.7 Å². The summed E-state index contributed by atoms with van der Waals surface area (Å²) in [7, 11) is 0. The summed E-state index contributed by atoms with van der Waals surface area (Å²) in [5, 5.41) is 18.3. The molecule has 1 aromatic carbocycles. The largest absolute Gasteiger partial charge is 0.394 e. The molecule has 170 valence electrons. The average Bonchev–Trinajstić information content (AvgIpc) is 2.75. The number of halogens is 1. The van der Waals surface area contributed by atoms with Crippen molar-refractivity contribution < 1.29 is 19.0 Å². The summed E-state index contributed by atoms with van der Waals surface area (Å²) in [5.74, 6) is -0.462. The van der Waals surface area contributed by atoms with Gasteiger partial charge in [-0.05, 0) is 30.2 Å². The number of unbranched alkanes of at least 4 members (excludes halogenated alkanes) is 11. The van der Waals surface area contributed by atoms with Crippen LogP contribution in [-0.4, -0.2) is 31.0 Å². The molecule has 0 unspecified atom stereocenters. The van der Waals surface area contributed by atoms with Crippen LogP contribution in [0, 0.1) is 17.1 Å². The van der Waals surface area contributed by atoms with Gasteiger partial charge in [-0.2, -0.15) is 5.26 Å². The number of hydrogen-bond donors (Lipinski definition) is 1. The van der Waals surface area contributed by atoms with Crippen LogP contribution in [0.5, 0.6) is 0 Å². The van der Waals surface area contributed by atoms with Gasteiger partial charge in [0.15, 0.2) is 0 Å². The number of aliphatic hydroxyl groups is 1. The molecule has 0 radical (unpaired) electrons. The molecule has 0 bridgehead atoms. The van der Waals surface area contributed by atoms with Crippen LogP contribution in [0.4, 0.5) is 4.39 Å². The fraction of sp³-hybridized carbons (Fsp3) is 0.720. The van der Waals surface area contributed by atoms with Crippen molar-refractivity contribution in [3.63, 3.8) is 0 Å². The summed E-state index contributed by atoms with van der Waals surface area (Å²) in [5.41, 5.74) is 0.836. The van der Waals surface area contributed by atoms with E-state index in [1.54, 1.807) is 6.07 Å². The standard InChI is InChI=1S/C25H40FNO3/c1-2-3-4-5-6-7-8-9-10-11-12-13-14-29-21-25(19-28)30-20-23-15-22(18-27)16-24(26)17-23/h15-17,25,28H,2-14,19-21H2,1H3/t25-/m0/s1. The zero-order valence-electron chi connectivity index (χ0n) is 18.7. The van der Waals surface area contributed by atoms with Gasteiger partial charge in [0.05, 0.1) is 31.5 Å². The molecule has 30 heavy (non-hydrogen) atoms. The predicted octanol–water partition coefficient (Wildman–Crippen LogP) is 6.29. The highest BCUT2D eigenvalue weighted by atomic mass is 19.1. The molecule has 0 spiro atoms. The van der Waals surface area contributed by atoms with E-state index in [4.69, 9.17) is 14.7 Å². The SMILES string of the molecule is CCCCCCCCCCCCCCOC[C@H](CO)OCc1cc(F)cc(C#N)c1. The lowest BCUT2D eigenvalue weighted by atomic mass is 10.1. The maximum absolute atomic E-state index is 13.4. The van der Waals surface area contributed by atoms with Crippen LogP contribution in [0.3, 0.4) is 0 Å². The molecular weight excluding hydrogens is 381 g/mol. The molecule has 0 saturated carbocycles. The molecule has 1 rings (SSSR count). The molecule has 1 atom stereocenters. The number of aliphatic hydroxyl groups excluding tert-OH is 1. The van der Waals surface area contributed by atoms with Crippen LogP contribution in [0.2, 0.25) is 0 Å². The van der Waals surface area contributed by atoms with E-state index in [1.807, 2.05) is 6.07 Å². The Morgan fingerprint density at radius 3 is 2.10 bits per heavy atom. The smallest absolute Gasteiger partial charge is 0.124 e. The molecule has 0 aliphatic heterocycles. The maximum Gasteiger partial charge on any atom is 0.124 e. The molecule has 1 N–H and O–H groups in total. The van der Waals surface area contributed by atoms with Gasteiger partial charge in [-0.3, -0.25) is 0 Å². The number of rotatable bonds is 19. The van der Waals surface area contributed by atoms with E-state index >= 15 is 0 Å². The Balaban J connectivity index is 1.98. The number of ether oxygens (including phenoxy) is 2. The molecule has 0 aliphatic rings. The van der Waals surface area contributed by atoms with Crippen molar-refractivity contribution in [1.82, 2.24) is 0 Å². The van der Waals surface area contributed by atoms with E-state index < -0.39 is 11.9 Å². The van der Waals surface area contributed by atoms with Crippen LogP contribution < -0.4 is 0 Å². The first-order valence-electron chi connectivity index (χ1n) is 11.7. The highest BCUT2D eigenvalue weighted by molar-refractivity contribution is 5.33. The topological polar surface area (TPSA) is 62.5 Å². The summed E-state index contributed by atoms with van der Waals surface area (Å²) in [6.07, 6.45) is 15.2. The second-order valence-electron chi connectivity index (χ2n) is 8.04. The average molecular weight is 422 g/mol. The summed E-state index contributed by atoms with van der Waals surface area (Å²) in [6.45, 7) is 3.22. The zero-order valence-corrected chi connectivity index (χ0v) is 18.7. The monoisotopic (exact) mass is 421 g/mol. The number of benzene rings is 1. The molecule has 1 aromatic rings. The molecule has 0 aromatic heterocycles. The van der Waals surface area contributed by atoms with Gasteiger partial charge in [-0.25, -0.2) is 4.39 Å². The second kappa shape index (κ2) is 18.3. The number of nitrogens with zero attached hydrogens (tertiary/aromatic N) is 1. The van der Waals surface area contributed by atoms with Crippen LogP contribution in [0.25, 0.3) is 0 Å². The highest BCUT2D eigenvalue weighted by Crippen LogP contribution is 2.13. The van der Waals surface area contributed by atoms with E-state index in [9.17, 15) is 9.50 Å². The van der Waals surface area contributed by atoms with E-state index in [-0.39, 0.29) is 18.8 Å². The Morgan fingerprint density at radius 2 is 1.53 bits per heavy atom. The van der Waals surface area contributed by atoms with Crippen molar-refractivity contribution in [3.8, 4) is 6.07 Å². The Morgan fingerprint density at radius 1 is 0.933 bits per heavy atom. The minimum Gasteiger partial charge on any atom is -0.394 e. The number of hydrogen-bond acceptors (Lipinski definition) is 4. The molecular formula is C25H40FNO3. The van der Waals surface area contributed by atoms with E-state index in [2.05, 4.69) is 6.92 Å². The summed E-state index contributed by atoms with van der Waals surface area (Å²) in [6, 6.07) is 6.03. The third kappa shape index (κ3) is 13.7. The third-order valence-electron chi connectivity index (χ3n) is 5.22. The lowest BCUT2D eigenvalue weighted by molar-refractivity contribution is -0.0503. The molecule has 0 amide bonds. The highest BCUT2D eigenvalue weighted by Gasteiger charge is 2.09. The molecule has 0 fully saturated rings. The van der Waals surface area contributed by atoms with Crippen LogP contribution in [0.1, 0.15) is 95.1 Å². The minimum absolute atomic E-state index is 0.139. The lowest BCUT2D eigenvalue weighted by Crippen LogP contribution is -2.24. The summed E-state index contributed by atoms with van der Waals surface area (Å²) >= 11 is 0. The Labute approximate surface area is 182 Å². The molecule has 0 aliphatic carbocycles. The fourth-order valence-electron chi connectivity index (χ4n) is 3.43. The van der Waals surface area contributed by atoms with Gasteiger partial charge in [0, 0.05) is 6.61 Å². The maximum atomic E-state index is 13.4. The normalized spacial score (nSPS) is 12.1. The third-order valence-corrected chi connectivity index (χ3v) is 5.22. The zero-order chi connectivity index (χ0) is 21.9. The Bertz CT molecular complexity index is 588. The molecule has 5 heteroatoms. The van der Waals surface area contributed by atoms with Crippen molar-refractivity contribution in [3.05, 3.63) is 35.1 Å².